The zero-order valence-corrected chi connectivity index (χ0v) is 9.01. The third kappa shape index (κ3) is 83200. The summed E-state index contributed by atoms with van der Waals surface area (Å²) < 4.78 is 0. The average Bonchev–Trinajstić information content (AvgIpc) is 1.94. The normalized spacial score (nSPS) is 5.00. The summed E-state index contributed by atoms with van der Waals surface area (Å²) in [6, 6.07) is 0. The molecule has 19 heteroatoms. The van der Waals surface area contributed by atoms with E-state index in [1.807, 2.05) is 0 Å². The number of carbonyl (C=O) groups is 5. The van der Waals surface area contributed by atoms with Crippen LogP contribution in [0.4, 0.5) is 24.0 Å². The molecule has 0 aromatic heterocycles. The van der Waals surface area contributed by atoms with Gasteiger partial charge in [0.05, 0.1) is 0 Å². The van der Waals surface area contributed by atoms with Gasteiger partial charge in [-0.05, 0) is 0 Å². The second-order valence-electron chi connectivity index (χ2n) is 1.41. The van der Waals surface area contributed by atoms with Crippen molar-refractivity contribution in [1.82, 2.24) is 0 Å². The Morgan fingerprint density at radius 3 is 0.292 bits per heavy atom. The molecule has 0 unspecified atom stereocenters. The molecule has 0 rings (SSSR count). The second kappa shape index (κ2) is 49.5. The van der Waals surface area contributed by atoms with Crippen molar-refractivity contribution in [2.75, 3.05) is 0 Å². The van der Waals surface area contributed by atoms with Gasteiger partial charge in [-0.25, -0.2) is 24.0 Å². The van der Waals surface area contributed by atoms with Gasteiger partial charge in [-0.1, -0.05) is 0 Å². The molecular weight excluding hydrogens is 392 g/mol. The van der Waals surface area contributed by atoms with E-state index in [0.29, 0.717) is 0 Å². The van der Waals surface area contributed by atoms with Gasteiger partial charge in [-0.15, -0.1) is 0 Å². The van der Waals surface area contributed by atoms with Crippen molar-refractivity contribution in [3.05, 3.63) is 0 Å². The molecular formula is C5H14Na4O15. The number of rotatable bonds is 0. The minimum absolute atomic E-state index is 0. The molecule has 24 heavy (non-hydrogen) atoms. The zero-order chi connectivity index (χ0) is 17.9. The molecule has 15 nitrogen and oxygen atoms in total. The molecule has 0 aromatic rings. The van der Waals surface area contributed by atoms with E-state index >= 15 is 0 Å². The fraction of sp³-hybridized carbons (Fsp3) is 0. The Labute approximate surface area is 221 Å². The molecule has 0 saturated heterocycles. The third-order valence-electron chi connectivity index (χ3n) is 0. The summed E-state index contributed by atoms with van der Waals surface area (Å²) in [5.74, 6) is 0. The standard InChI is InChI=1S/5CH2O3.4Na.4H/c5*2-1(3)4;;;;;;;;/h5*(H2,2,3,4);;;;;;;;. The summed E-state index contributed by atoms with van der Waals surface area (Å²) in [5.41, 5.74) is 0. The van der Waals surface area contributed by atoms with Crippen molar-refractivity contribution >= 4 is 149 Å². The van der Waals surface area contributed by atoms with Crippen LogP contribution >= 0.6 is 0 Å². The van der Waals surface area contributed by atoms with E-state index in [1.54, 1.807) is 0 Å². The van der Waals surface area contributed by atoms with Crippen molar-refractivity contribution < 1.29 is 75.0 Å². The SMILES string of the molecule is O=C(O)O.O=C(O)O.O=C(O)O.O=C(O)O.O=C(O)O.[NaH].[NaH].[NaH].[NaH]. The first-order valence-corrected chi connectivity index (χ1v) is 3.26. The number of carboxylic acid groups (broad SMARTS) is 10. The van der Waals surface area contributed by atoms with Crippen molar-refractivity contribution in [1.29, 1.82) is 0 Å². The fourth-order valence-electron chi connectivity index (χ4n) is 0. The molecule has 0 atom stereocenters. The van der Waals surface area contributed by atoms with Gasteiger partial charge in [0.1, 0.15) is 0 Å². The number of hydrogen-bond donors (Lipinski definition) is 10. The van der Waals surface area contributed by atoms with Gasteiger partial charge in [-0.3, -0.25) is 0 Å². The number of hydrogen-bond acceptors (Lipinski definition) is 5. The topological polar surface area (TPSA) is 288 Å². The van der Waals surface area contributed by atoms with Crippen molar-refractivity contribution in [3.8, 4) is 0 Å². The maximum atomic E-state index is 8.56. The van der Waals surface area contributed by atoms with Crippen LogP contribution < -0.4 is 0 Å². The first-order valence-electron chi connectivity index (χ1n) is 3.26. The first-order chi connectivity index (χ1) is 8.66. The van der Waals surface area contributed by atoms with Gasteiger partial charge in [0.2, 0.25) is 0 Å². The van der Waals surface area contributed by atoms with Crippen LogP contribution in [-0.4, -0.2) is 200 Å². The Morgan fingerprint density at radius 1 is 0.292 bits per heavy atom. The van der Waals surface area contributed by atoms with E-state index in [-0.39, 0.29) is 118 Å². The molecule has 128 valence electrons. The van der Waals surface area contributed by atoms with Crippen LogP contribution in [0.3, 0.4) is 0 Å². The fourth-order valence-corrected chi connectivity index (χ4v) is 0. The van der Waals surface area contributed by atoms with Crippen molar-refractivity contribution in [3.63, 3.8) is 0 Å². The molecule has 0 aromatic carbocycles. The minimum atomic E-state index is -1.83. The summed E-state index contributed by atoms with van der Waals surface area (Å²) in [7, 11) is 0. The molecule has 0 bridgehead atoms. The monoisotopic (exact) mass is 406 g/mol. The van der Waals surface area contributed by atoms with Gasteiger partial charge in [0.25, 0.3) is 0 Å². The Kier molecular flexibility index (Phi) is 116. The van der Waals surface area contributed by atoms with Gasteiger partial charge >= 0.3 is 149 Å². The van der Waals surface area contributed by atoms with E-state index < -0.39 is 30.8 Å². The van der Waals surface area contributed by atoms with Crippen LogP contribution in [0.1, 0.15) is 0 Å². The summed E-state index contributed by atoms with van der Waals surface area (Å²) >= 11 is 0. The Morgan fingerprint density at radius 2 is 0.292 bits per heavy atom. The van der Waals surface area contributed by atoms with Crippen LogP contribution in [0.25, 0.3) is 0 Å². The summed E-state index contributed by atoms with van der Waals surface area (Å²) in [6.45, 7) is 0. The molecule has 0 spiro atoms. The Balaban J connectivity index is -0.0000000161. The predicted molar refractivity (Wildman–Crippen MR) is 81.9 cm³/mol. The zero-order valence-electron chi connectivity index (χ0n) is 9.01. The van der Waals surface area contributed by atoms with E-state index in [0.717, 1.165) is 0 Å². The van der Waals surface area contributed by atoms with Crippen LogP contribution in [0.15, 0.2) is 0 Å². The summed E-state index contributed by atoms with van der Waals surface area (Å²) in [6.07, 6.45) is -9.17. The molecule has 0 saturated carbocycles. The van der Waals surface area contributed by atoms with Crippen molar-refractivity contribution in [2.45, 2.75) is 0 Å². The first kappa shape index (κ1) is 56.3. The van der Waals surface area contributed by atoms with Crippen LogP contribution in [0.2, 0.25) is 0 Å². The Hall–Kier alpha value is 0.350. The third-order valence-corrected chi connectivity index (χ3v) is 0. The maximum absolute atomic E-state index is 8.56. The molecule has 0 aliphatic carbocycles. The quantitative estimate of drug-likeness (QED) is 0.205. The van der Waals surface area contributed by atoms with Crippen molar-refractivity contribution in [2.24, 2.45) is 0 Å². The van der Waals surface area contributed by atoms with Gasteiger partial charge < -0.3 is 51.1 Å². The molecule has 0 aliphatic heterocycles. The van der Waals surface area contributed by atoms with Crippen LogP contribution in [0.5, 0.6) is 0 Å². The van der Waals surface area contributed by atoms with E-state index in [2.05, 4.69) is 0 Å². The second-order valence-corrected chi connectivity index (χ2v) is 1.41. The van der Waals surface area contributed by atoms with Crippen LogP contribution in [-0.2, 0) is 0 Å². The molecule has 0 radical (unpaired) electrons. The molecule has 0 heterocycles. The molecule has 0 aliphatic rings. The molecule has 0 fully saturated rings. The predicted octanol–water partition coefficient (Wildman–Crippen LogP) is -1.48. The average molecular weight is 406 g/mol. The van der Waals surface area contributed by atoms with E-state index in [9.17, 15) is 0 Å². The van der Waals surface area contributed by atoms with E-state index in [4.69, 9.17) is 75.0 Å². The van der Waals surface area contributed by atoms with Gasteiger partial charge in [0.15, 0.2) is 0 Å². The Bertz CT molecular complexity index is 217. The molecule has 0 amide bonds. The summed E-state index contributed by atoms with van der Waals surface area (Å²) in [5, 5.41) is 69.7. The summed E-state index contributed by atoms with van der Waals surface area (Å²) in [4.78, 5) is 42.8. The van der Waals surface area contributed by atoms with Gasteiger partial charge in [0, 0.05) is 0 Å². The van der Waals surface area contributed by atoms with E-state index in [1.165, 1.54) is 0 Å². The van der Waals surface area contributed by atoms with Crippen LogP contribution in [0, 0.1) is 0 Å². The molecule has 10 N–H and O–H groups in total. The van der Waals surface area contributed by atoms with Gasteiger partial charge in [-0.2, -0.15) is 0 Å².